The minimum atomic E-state index is 0.105. The molecule has 1 unspecified atom stereocenters. The lowest BCUT2D eigenvalue weighted by Gasteiger charge is -2.26. The molecule has 3 heteroatoms. The number of aliphatic hydroxyl groups is 1. The van der Waals surface area contributed by atoms with Gasteiger partial charge in [-0.25, -0.2) is 0 Å². The molecule has 0 aliphatic carbocycles. The lowest BCUT2D eigenvalue weighted by Crippen LogP contribution is -2.23. The van der Waals surface area contributed by atoms with Crippen molar-refractivity contribution in [2.24, 2.45) is 0 Å². The Balaban J connectivity index is 1.77. The molecule has 3 nitrogen and oxygen atoms in total. The van der Waals surface area contributed by atoms with Gasteiger partial charge < -0.3 is 9.84 Å². The fraction of sp³-hybridized carbons (Fsp3) is 0.368. The van der Waals surface area contributed by atoms with E-state index in [9.17, 15) is 0 Å². The number of aliphatic hydroxyl groups excluding tert-OH is 1. The maximum Gasteiger partial charge on any atom is 0.123 e. The molecule has 1 atom stereocenters. The minimum Gasteiger partial charge on any atom is -0.496 e. The second-order valence-electron chi connectivity index (χ2n) is 5.85. The lowest BCUT2D eigenvalue weighted by molar-refractivity contribution is 0.243. The van der Waals surface area contributed by atoms with Gasteiger partial charge in [-0.3, -0.25) is 4.90 Å². The van der Waals surface area contributed by atoms with E-state index in [-0.39, 0.29) is 6.61 Å². The van der Waals surface area contributed by atoms with Gasteiger partial charge >= 0.3 is 0 Å². The first-order valence-corrected chi connectivity index (χ1v) is 7.87. The molecule has 1 heterocycles. The zero-order valence-corrected chi connectivity index (χ0v) is 13.0. The van der Waals surface area contributed by atoms with Gasteiger partial charge in [-0.05, 0) is 36.6 Å². The summed E-state index contributed by atoms with van der Waals surface area (Å²) >= 11 is 0. The number of hydrogen-bond donors (Lipinski definition) is 1. The van der Waals surface area contributed by atoms with Gasteiger partial charge in [-0.15, -0.1) is 0 Å². The van der Waals surface area contributed by atoms with Crippen LogP contribution in [-0.4, -0.2) is 23.7 Å². The van der Waals surface area contributed by atoms with Crippen molar-refractivity contribution in [3.05, 3.63) is 65.2 Å². The van der Waals surface area contributed by atoms with Crippen LogP contribution >= 0.6 is 0 Å². The van der Waals surface area contributed by atoms with Gasteiger partial charge in [0.05, 0.1) is 13.7 Å². The summed E-state index contributed by atoms with van der Waals surface area (Å²) in [5.74, 6) is 0.982. The summed E-state index contributed by atoms with van der Waals surface area (Å²) in [6.07, 6.45) is 2.40. The van der Waals surface area contributed by atoms with E-state index in [4.69, 9.17) is 9.84 Å². The summed E-state index contributed by atoms with van der Waals surface area (Å²) in [7, 11) is 1.74. The molecule has 0 amide bonds. The van der Waals surface area contributed by atoms with Crippen molar-refractivity contribution in [1.29, 1.82) is 0 Å². The molecule has 0 saturated carbocycles. The number of benzene rings is 2. The molecule has 3 rings (SSSR count). The van der Waals surface area contributed by atoms with Gasteiger partial charge in [0.2, 0.25) is 0 Å². The third-order valence-corrected chi connectivity index (χ3v) is 4.45. The molecule has 2 aromatic rings. The van der Waals surface area contributed by atoms with Crippen LogP contribution in [-0.2, 0) is 13.2 Å². The van der Waals surface area contributed by atoms with Gasteiger partial charge in [0, 0.05) is 18.2 Å². The Morgan fingerprint density at radius 1 is 1.09 bits per heavy atom. The van der Waals surface area contributed by atoms with E-state index in [1.807, 2.05) is 24.3 Å². The molecule has 0 aromatic heterocycles. The van der Waals surface area contributed by atoms with E-state index in [1.54, 1.807) is 7.11 Å². The van der Waals surface area contributed by atoms with Crippen molar-refractivity contribution in [2.75, 3.05) is 13.7 Å². The van der Waals surface area contributed by atoms with Crippen molar-refractivity contribution >= 4 is 0 Å². The zero-order chi connectivity index (χ0) is 15.4. The summed E-state index contributed by atoms with van der Waals surface area (Å²) in [4.78, 5) is 2.52. The standard InChI is InChI=1S/C19H23NO2/c1-22-19-7-3-2-5-17(19)18-6-4-12-20(18)13-15-8-10-16(14-21)11-9-15/h2-3,5,7-11,18,21H,4,6,12-14H2,1H3. The number of nitrogens with zero attached hydrogens (tertiary/aromatic N) is 1. The van der Waals surface area contributed by atoms with E-state index in [0.717, 1.165) is 24.4 Å². The van der Waals surface area contributed by atoms with Crippen LogP contribution in [0.4, 0.5) is 0 Å². The zero-order valence-electron chi connectivity index (χ0n) is 13.0. The van der Waals surface area contributed by atoms with Crippen LogP contribution in [0.2, 0.25) is 0 Å². The van der Waals surface area contributed by atoms with Crippen molar-refractivity contribution in [2.45, 2.75) is 32.0 Å². The predicted octanol–water partition coefficient (Wildman–Crippen LogP) is 3.52. The highest BCUT2D eigenvalue weighted by atomic mass is 16.5. The van der Waals surface area contributed by atoms with Crippen molar-refractivity contribution in [1.82, 2.24) is 4.90 Å². The van der Waals surface area contributed by atoms with Crippen molar-refractivity contribution in [3.8, 4) is 5.75 Å². The van der Waals surface area contributed by atoms with E-state index in [2.05, 4.69) is 29.2 Å². The third-order valence-electron chi connectivity index (χ3n) is 4.45. The van der Waals surface area contributed by atoms with Crippen LogP contribution < -0.4 is 4.74 Å². The summed E-state index contributed by atoms with van der Waals surface area (Å²) in [6.45, 7) is 2.16. The molecule has 0 spiro atoms. The van der Waals surface area contributed by atoms with Crippen molar-refractivity contribution in [3.63, 3.8) is 0 Å². The molecule has 22 heavy (non-hydrogen) atoms. The Morgan fingerprint density at radius 2 is 1.82 bits per heavy atom. The highest BCUT2D eigenvalue weighted by Gasteiger charge is 2.27. The van der Waals surface area contributed by atoms with Crippen LogP contribution in [0.1, 0.15) is 35.6 Å². The molecule has 1 aliphatic rings. The van der Waals surface area contributed by atoms with Crippen LogP contribution in [0.25, 0.3) is 0 Å². The molecular weight excluding hydrogens is 274 g/mol. The Morgan fingerprint density at radius 3 is 2.55 bits per heavy atom. The summed E-state index contributed by atoms with van der Waals surface area (Å²) in [5, 5.41) is 9.14. The lowest BCUT2D eigenvalue weighted by atomic mass is 10.0. The monoisotopic (exact) mass is 297 g/mol. The highest BCUT2D eigenvalue weighted by Crippen LogP contribution is 2.37. The molecule has 0 bridgehead atoms. The highest BCUT2D eigenvalue weighted by molar-refractivity contribution is 5.36. The first-order valence-electron chi connectivity index (χ1n) is 7.87. The molecule has 1 N–H and O–H groups in total. The first-order chi connectivity index (χ1) is 10.8. The van der Waals surface area contributed by atoms with E-state index < -0.39 is 0 Å². The average Bonchev–Trinajstić information content (AvgIpc) is 3.03. The van der Waals surface area contributed by atoms with Crippen LogP contribution in [0.3, 0.4) is 0 Å². The number of hydrogen-bond acceptors (Lipinski definition) is 3. The van der Waals surface area contributed by atoms with Crippen LogP contribution in [0.15, 0.2) is 48.5 Å². The Bertz CT molecular complexity index is 609. The topological polar surface area (TPSA) is 32.7 Å². The largest absolute Gasteiger partial charge is 0.496 e. The maximum absolute atomic E-state index is 9.14. The van der Waals surface area contributed by atoms with E-state index in [1.165, 1.54) is 24.0 Å². The fourth-order valence-corrected chi connectivity index (χ4v) is 3.29. The molecule has 116 valence electrons. The Hall–Kier alpha value is -1.84. The normalized spacial score (nSPS) is 18.5. The third kappa shape index (κ3) is 3.16. The van der Waals surface area contributed by atoms with Gasteiger partial charge in [0.25, 0.3) is 0 Å². The SMILES string of the molecule is COc1ccccc1C1CCCN1Cc1ccc(CO)cc1. The van der Waals surface area contributed by atoms with E-state index in [0.29, 0.717) is 6.04 Å². The second-order valence-corrected chi connectivity index (χ2v) is 5.85. The number of ether oxygens (including phenoxy) is 1. The predicted molar refractivity (Wildman–Crippen MR) is 87.7 cm³/mol. The second kappa shape index (κ2) is 6.95. The van der Waals surface area contributed by atoms with Gasteiger partial charge in [0.15, 0.2) is 0 Å². The smallest absolute Gasteiger partial charge is 0.123 e. The summed E-state index contributed by atoms with van der Waals surface area (Å²) < 4.78 is 5.53. The molecule has 1 fully saturated rings. The molecular formula is C19H23NO2. The maximum atomic E-state index is 9.14. The van der Waals surface area contributed by atoms with Crippen LogP contribution in [0, 0.1) is 0 Å². The Kier molecular flexibility index (Phi) is 4.76. The molecule has 2 aromatic carbocycles. The summed E-state index contributed by atoms with van der Waals surface area (Å²) in [6, 6.07) is 17.0. The first kappa shape index (κ1) is 15.1. The summed E-state index contributed by atoms with van der Waals surface area (Å²) in [5.41, 5.74) is 3.54. The number of rotatable bonds is 5. The fourth-order valence-electron chi connectivity index (χ4n) is 3.29. The molecule has 1 aliphatic heterocycles. The number of para-hydroxylation sites is 1. The molecule has 1 saturated heterocycles. The number of likely N-dealkylation sites (tertiary alicyclic amines) is 1. The van der Waals surface area contributed by atoms with Crippen LogP contribution in [0.5, 0.6) is 5.75 Å². The Labute approximate surface area is 132 Å². The van der Waals surface area contributed by atoms with Gasteiger partial charge in [-0.2, -0.15) is 0 Å². The molecule has 0 radical (unpaired) electrons. The van der Waals surface area contributed by atoms with Gasteiger partial charge in [0.1, 0.15) is 5.75 Å². The van der Waals surface area contributed by atoms with Gasteiger partial charge in [-0.1, -0.05) is 42.5 Å². The number of methoxy groups -OCH3 is 1. The minimum absolute atomic E-state index is 0.105. The quantitative estimate of drug-likeness (QED) is 0.916. The average molecular weight is 297 g/mol. The van der Waals surface area contributed by atoms with Crippen molar-refractivity contribution < 1.29 is 9.84 Å². The van der Waals surface area contributed by atoms with E-state index >= 15 is 0 Å².